The van der Waals surface area contributed by atoms with Crippen molar-refractivity contribution >= 4 is 11.7 Å². The predicted molar refractivity (Wildman–Crippen MR) is 89.7 cm³/mol. The first-order valence-electron chi connectivity index (χ1n) is 7.94. The Hall–Kier alpha value is -1.55. The van der Waals surface area contributed by atoms with Crippen molar-refractivity contribution < 1.29 is 4.79 Å². The molecule has 4 heteroatoms. The molecule has 1 aromatic carbocycles. The van der Waals surface area contributed by atoms with Gasteiger partial charge in [0.1, 0.15) is 0 Å². The van der Waals surface area contributed by atoms with Crippen LogP contribution in [-0.2, 0) is 0 Å². The lowest BCUT2D eigenvalue weighted by Crippen LogP contribution is -2.41. The highest BCUT2D eigenvalue weighted by molar-refractivity contribution is 5.89. The molecule has 118 valence electrons. The van der Waals surface area contributed by atoms with Crippen LogP contribution in [0.4, 0.5) is 10.5 Å². The Morgan fingerprint density at radius 2 is 1.95 bits per heavy atom. The van der Waals surface area contributed by atoms with Gasteiger partial charge >= 0.3 is 6.03 Å². The number of urea groups is 1. The second-order valence-corrected chi connectivity index (χ2v) is 5.38. The third kappa shape index (κ3) is 5.05. The van der Waals surface area contributed by atoms with Gasteiger partial charge < -0.3 is 15.5 Å². The highest BCUT2D eigenvalue weighted by Crippen LogP contribution is 2.18. The summed E-state index contributed by atoms with van der Waals surface area (Å²) in [4.78, 5) is 14.2. The molecule has 2 atom stereocenters. The molecule has 0 aromatic heterocycles. The fourth-order valence-corrected chi connectivity index (χ4v) is 2.38. The largest absolute Gasteiger partial charge is 0.322 e. The summed E-state index contributed by atoms with van der Waals surface area (Å²) in [6, 6.07) is 8.54. The average molecular weight is 291 g/mol. The zero-order valence-corrected chi connectivity index (χ0v) is 13.9. The van der Waals surface area contributed by atoms with E-state index in [0.717, 1.165) is 18.7 Å². The number of amides is 2. The van der Waals surface area contributed by atoms with E-state index < -0.39 is 0 Å². The predicted octanol–water partition coefficient (Wildman–Crippen LogP) is 4.01. The average Bonchev–Trinajstić information content (AvgIpc) is 2.48. The zero-order chi connectivity index (χ0) is 15.8. The van der Waals surface area contributed by atoms with Crippen molar-refractivity contribution in [2.24, 2.45) is 0 Å². The molecule has 1 rings (SSSR count). The third-order valence-corrected chi connectivity index (χ3v) is 3.87. The maximum atomic E-state index is 12.4. The van der Waals surface area contributed by atoms with E-state index in [1.807, 2.05) is 30.0 Å². The van der Waals surface area contributed by atoms with E-state index in [0.29, 0.717) is 6.54 Å². The van der Waals surface area contributed by atoms with Gasteiger partial charge in [-0.15, -0.1) is 0 Å². The minimum Gasteiger partial charge on any atom is -0.322 e. The first kappa shape index (κ1) is 17.5. The summed E-state index contributed by atoms with van der Waals surface area (Å²) < 4.78 is 0. The number of anilines is 1. The van der Waals surface area contributed by atoms with E-state index in [-0.39, 0.29) is 18.1 Å². The molecule has 0 fully saturated rings. The van der Waals surface area contributed by atoms with Crippen LogP contribution >= 0.6 is 0 Å². The number of carbonyl (C=O) groups excluding carboxylic acids is 1. The minimum atomic E-state index is -0.0277. The van der Waals surface area contributed by atoms with Gasteiger partial charge in [-0.25, -0.2) is 4.79 Å². The maximum Gasteiger partial charge on any atom is 0.322 e. The van der Waals surface area contributed by atoms with Gasteiger partial charge in [0.25, 0.3) is 0 Å². The van der Waals surface area contributed by atoms with E-state index in [2.05, 4.69) is 44.4 Å². The number of nitrogens with one attached hydrogen (secondary N) is 2. The molecule has 0 aliphatic carbocycles. The Morgan fingerprint density at radius 3 is 2.52 bits per heavy atom. The van der Waals surface area contributed by atoms with Crippen molar-refractivity contribution in [3.63, 3.8) is 0 Å². The summed E-state index contributed by atoms with van der Waals surface area (Å²) in [5.74, 6) is 0. The quantitative estimate of drug-likeness (QED) is 0.797. The van der Waals surface area contributed by atoms with Gasteiger partial charge in [0.2, 0.25) is 0 Å². The van der Waals surface area contributed by atoms with Crippen molar-refractivity contribution in [2.75, 3.05) is 18.4 Å². The third-order valence-electron chi connectivity index (χ3n) is 3.87. The van der Waals surface area contributed by atoms with Crippen LogP contribution in [0.15, 0.2) is 24.3 Å². The summed E-state index contributed by atoms with van der Waals surface area (Å²) in [6.07, 6.45) is 0.957. The fraction of sp³-hybridized carbons (Fsp3) is 0.588. The molecular formula is C17H29N3O. The summed E-state index contributed by atoms with van der Waals surface area (Å²) >= 11 is 0. The van der Waals surface area contributed by atoms with Crippen molar-refractivity contribution in [3.05, 3.63) is 29.8 Å². The molecule has 2 N–H and O–H groups in total. The van der Waals surface area contributed by atoms with Crippen LogP contribution in [0.2, 0.25) is 0 Å². The van der Waals surface area contributed by atoms with Crippen LogP contribution < -0.4 is 10.6 Å². The minimum absolute atomic E-state index is 0.0277. The van der Waals surface area contributed by atoms with Crippen LogP contribution in [0, 0.1) is 0 Å². The lowest BCUT2D eigenvalue weighted by Gasteiger charge is -2.27. The van der Waals surface area contributed by atoms with Crippen molar-refractivity contribution in [2.45, 2.75) is 53.1 Å². The number of carbonyl (C=O) groups is 1. The van der Waals surface area contributed by atoms with E-state index in [1.54, 1.807) is 0 Å². The molecule has 0 bridgehead atoms. The smallest absolute Gasteiger partial charge is 0.322 e. The Kier molecular flexibility index (Phi) is 7.23. The van der Waals surface area contributed by atoms with Crippen LogP contribution in [0.3, 0.4) is 0 Å². The maximum absolute atomic E-state index is 12.4. The number of rotatable bonds is 7. The van der Waals surface area contributed by atoms with Crippen LogP contribution in [0.5, 0.6) is 0 Å². The Labute approximate surface area is 128 Å². The molecule has 0 radical (unpaired) electrons. The number of hydrogen-bond donors (Lipinski definition) is 2. The molecule has 0 aliphatic rings. The molecule has 21 heavy (non-hydrogen) atoms. The highest BCUT2D eigenvalue weighted by Gasteiger charge is 2.17. The highest BCUT2D eigenvalue weighted by atomic mass is 16.2. The normalized spacial score (nSPS) is 13.6. The fourth-order valence-electron chi connectivity index (χ4n) is 2.38. The van der Waals surface area contributed by atoms with E-state index in [9.17, 15) is 4.79 Å². The molecule has 0 aliphatic heterocycles. The summed E-state index contributed by atoms with van der Waals surface area (Å²) in [5.41, 5.74) is 2.03. The summed E-state index contributed by atoms with van der Waals surface area (Å²) in [6.45, 7) is 12.0. The monoisotopic (exact) mass is 291 g/mol. The van der Waals surface area contributed by atoms with Gasteiger partial charge in [-0.05, 0) is 51.4 Å². The van der Waals surface area contributed by atoms with Gasteiger partial charge in [0.15, 0.2) is 0 Å². The SMILES string of the molecule is CCNC(C)c1cccc(NC(=O)N(CC)C(C)CC)c1. The molecular weight excluding hydrogens is 262 g/mol. The number of nitrogens with zero attached hydrogens (tertiary/aromatic N) is 1. The second kappa shape index (κ2) is 8.67. The molecule has 0 saturated carbocycles. The first-order chi connectivity index (χ1) is 10.0. The molecule has 1 aromatic rings. The molecule has 0 spiro atoms. The lowest BCUT2D eigenvalue weighted by molar-refractivity contribution is 0.195. The van der Waals surface area contributed by atoms with E-state index >= 15 is 0 Å². The van der Waals surface area contributed by atoms with E-state index in [1.165, 1.54) is 5.56 Å². The standard InChI is InChI=1S/C17H29N3O/c1-6-13(4)20(8-3)17(21)19-16-11-9-10-15(12-16)14(5)18-7-2/h9-14,18H,6-8H2,1-5H3,(H,19,21). The Morgan fingerprint density at radius 1 is 1.24 bits per heavy atom. The summed E-state index contributed by atoms with van der Waals surface area (Å²) in [5, 5.41) is 6.39. The zero-order valence-electron chi connectivity index (χ0n) is 13.9. The topological polar surface area (TPSA) is 44.4 Å². The van der Waals surface area contributed by atoms with Crippen LogP contribution in [-0.4, -0.2) is 30.1 Å². The van der Waals surface area contributed by atoms with Crippen molar-refractivity contribution in [3.8, 4) is 0 Å². The number of hydrogen-bond acceptors (Lipinski definition) is 2. The van der Waals surface area contributed by atoms with Gasteiger partial charge in [-0.1, -0.05) is 26.0 Å². The van der Waals surface area contributed by atoms with E-state index in [4.69, 9.17) is 0 Å². The Balaban J connectivity index is 2.78. The van der Waals surface area contributed by atoms with Gasteiger partial charge in [0.05, 0.1) is 0 Å². The molecule has 4 nitrogen and oxygen atoms in total. The van der Waals surface area contributed by atoms with Crippen molar-refractivity contribution in [1.29, 1.82) is 0 Å². The van der Waals surface area contributed by atoms with Crippen LogP contribution in [0.25, 0.3) is 0 Å². The van der Waals surface area contributed by atoms with Gasteiger partial charge in [-0.2, -0.15) is 0 Å². The Bertz CT molecular complexity index is 447. The second-order valence-electron chi connectivity index (χ2n) is 5.38. The van der Waals surface area contributed by atoms with Crippen molar-refractivity contribution in [1.82, 2.24) is 10.2 Å². The molecule has 2 unspecified atom stereocenters. The first-order valence-corrected chi connectivity index (χ1v) is 7.94. The molecule has 2 amide bonds. The van der Waals surface area contributed by atoms with Gasteiger partial charge in [-0.3, -0.25) is 0 Å². The van der Waals surface area contributed by atoms with Gasteiger partial charge in [0, 0.05) is 24.3 Å². The molecule has 0 heterocycles. The lowest BCUT2D eigenvalue weighted by atomic mass is 10.1. The number of benzene rings is 1. The van der Waals surface area contributed by atoms with Crippen LogP contribution in [0.1, 0.15) is 52.6 Å². The molecule has 0 saturated heterocycles. The summed E-state index contributed by atoms with van der Waals surface area (Å²) in [7, 11) is 0.